The minimum absolute atomic E-state index is 0.312. The fraction of sp³-hybridized carbons (Fsp3) is 0.0833. The number of nitrogens with zero attached hydrogens (tertiary/aromatic N) is 1. The lowest BCUT2D eigenvalue weighted by atomic mass is 10.2. The minimum Gasteiger partial charge on any atom is -0.396 e. The molecule has 0 atom stereocenters. The number of benzene rings is 1. The van der Waals surface area contributed by atoms with Crippen molar-refractivity contribution in [2.75, 3.05) is 11.1 Å². The zero-order valence-electron chi connectivity index (χ0n) is 9.17. The third-order valence-electron chi connectivity index (χ3n) is 2.40. The quantitative estimate of drug-likeness (QED) is 0.890. The first-order valence-corrected chi connectivity index (χ1v) is 5.80. The monoisotopic (exact) mass is 295 g/mol. The fourth-order valence-corrected chi connectivity index (χ4v) is 1.94. The smallest absolute Gasteiger partial charge is 0.146 e. The lowest BCUT2D eigenvalue weighted by molar-refractivity contribution is 0.631. The van der Waals surface area contributed by atoms with Gasteiger partial charge in [0.15, 0.2) is 0 Å². The molecule has 3 N–H and O–H groups in total. The molecule has 1 aromatic heterocycles. The van der Waals surface area contributed by atoms with Crippen molar-refractivity contribution in [3.63, 3.8) is 0 Å². The number of aromatic nitrogens is 1. The molecule has 0 amide bonds. The number of nitrogen functional groups attached to an aromatic ring is 1. The maximum absolute atomic E-state index is 13.7. The Labute approximate surface area is 107 Å². The van der Waals surface area contributed by atoms with Crippen molar-refractivity contribution >= 4 is 33.0 Å². The van der Waals surface area contributed by atoms with Gasteiger partial charge in [-0.1, -0.05) is 12.1 Å². The van der Waals surface area contributed by atoms with Crippen LogP contribution in [-0.2, 0) is 0 Å². The first-order valence-electron chi connectivity index (χ1n) is 5.00. The summed E-state index contributed by atoms with van der Waals surface area (Å²) in [6.07, 6.45) is 3.12. The van der Waals surface area contributed by atoms with Gasteiger partial charge in [0.25, 0.3) is 0 Å². The molecule has 3 nitrogen and oxygen atoms in total. The van der Waals surface area contributed by atoms with Crippen LogP contribution in [0.25, 0.3) is 0 Å². The molecule has 2 rings (SSSR count). The second-order valence-electron chi connectivity index (χ2n) is 3.64. The average Bonchev–Trinajstić information content (AvgIpc) is 2.27. The van der Waals surface area contributed by atoms with Gasteiger partial charge in [0.05, 0.1) is 27.7 Å². The van der Waals surface area contributed by atoms with E-state index in [4.69, 9.17) is 5.73 Å². The fourth-order valence-electron chi connectivity index (χ4n) is 1.50. The van der Waals surface area contributed by atoms with Gasteiger partial charge in [0, 0.05) is 6.20 Å². The molecule has 0 aliphatic heterocycles. The van der Waals surface area contributed by atoms with Crippen molar-refractivity contribution in [2.45, 2.75) is 6.92 Å². The van der Waals surface area contributed by atoms with Crippen LogP contribution in [0.15, 0.2) is 35.1 Å². The predicted molar refractivity (Wildman–Crippen MR) is 70.8 cm³/mol. The molecule has 1 aromatic carbocycles. The summed E-state index contributed by atoms with van der Waals surface area (Å²) in [6.45, 7) is 1.83. The van der Waals surface area contributed by atoms with E-state index in [1.807, 2.05) is 13.0 Å². The summed E-state index contributed by atoms with van der Waals surface area (Å²) in [7, 11) is 0. The predicted octanol–water partition coefficient (Wildman–Crippen LogP) is 3.62. The average molecular weight is 296 g/mol. The summed E-state index contributed by atoms with van der Waals surface area (Å²) in [5.74, 6) is -0.312. The largest absolute Gasteiger partial charge is 0.396 e. The van der Waals surface area contributed by atoms with E-state index in [9.17, 15) is 4.39 Å². The molecule has 0 aliphatic carbocycles. The second kappa shape index (κ2) is 4.71. The minimum atomic E-state index is -0.312. The molecule has 0 saturated carbocycles. The van der Waals surface area contributed by atoms with Gasteiger partial charge in [-0.05, 0) is 34.5 Å². The first kappa shape index (κ1) is 11.9. The van der Waals surface area contributed by atoms with Crippen LogP contribution in [0.1, 0.15) is 5.56 Å². The van der Waals surface area contributed by atoms with Crippen molar-refractivity contribution in [1.29, 1.82) is 0 Å². The molecular formula is C12H11BrFN3. The van der Waals surface area contributed by atoms with Gasteiger partial charge in [-0.15, -0.1) is 0 Å². The highest BCUT2D eigenvalue weighted by Gasteiger charge is 2.10. The summed E-state index contributed by atoms with van der Waals surface area (Å²) in [5, 5.41) is 2.99. The van der Waals surface area contributed by atoms with Crippen LogP contribution < -0.4 is 11.1 Å². The molecule has 0 aliphatic rings. The Morgan fingerprint density at radius 3 is 2.71 bits per heavy atom. The van der Waals surface area contributed by atoms with Crippen molar-refractivity contribution in [1.82, 2.24) is 4.98 Å². The lowest BCUT2D eigenvalue weighted by Gasteiger charge is -2.13. The Morgan fingerprint density at radius 1 is 1.29 bits per heavy atom. The number of nitrogens with two attached hydrogens (primary N) is 1. The number of halogens is 2. The van der Waals surface area contributed by atoms with Crippen LogP contribution in [0.5, 0.6) is 0 Å². The normalized spacial score (nSPS) is 10.3. The van der Waals surface area contributed by atoms with Crippen molar-refractivity contribution < 1.29 is 4.39 Å². The van der Waals surface area contributed by atoms with Crippen molar-refractivity contribution in [3.05, 3.63) is 46.4 Å². The van der Waals surface area contributed by atoms with Crippen LogP contribution in [0.2, 0.25) is 0 Å². The molecule has 2 aromatic rings. The SMILES string of the molecule is Cc1cccc(F)c1Nc1c(N)cncc1Br. The first-order chi connectivity index (χ1) is 8.09. The second-order valence-corrected chi connectivity index (χ2v) is 4.50. The van der Waals surface area contributed by atoms with Gasteiger partial charge in [0.2, 0.25) is 0 Å². The number of aryl methyl sites for hydroxylation is 1. The van der Waals surface area contributed by atoms with Crippen molar-refractivity contribution in [3.8, 4) is 0 Å². The maximum atomic E-state index is 13.7. The van der Waals surface area contributed by atoms with E-state index < -0.39 is 0 Å². The Kier molecular flexibility index (Phi) is 3.28. The third-order valence-corrected chi connectivity index (χ3v) is 3.00. The molecule has 0 bridgehead atoms. The summed E-state index contributed by atoms with van der Waals surface area (Å²) in [4.78, 5) is 3.93. The van der Waals surface area contributed by atoms with Gasteiger partial charge in [-0.2, -0.15) is 0 Å². The summed E-state index contributed by atoms with van der Waals surface area (Å²) >= 11 is 3.33. The van der Waals surface area contributed by atoms with Crippen LogP contribution in [0.4, 0.5) is 21.5 Å². The van der Waals surface area contributed by atoms with E-state index in [2.05, 4.69) is 26.2 Å². The van der Waals surface area contributed by atoms with E-state index in [0.29, 0.717) is 21.5 Å². The van der Waals surface area contributed by atoms with E-state index in [-0.39, 0.29) is 5.82 Å². The van der Waals surface area contributed by atoms with Crippen LogP contribution in [-0.4, -0.2) is 4.98 Å². The van der Waals surface area contributed by atoms with Crippen LogP contribution >= 0.6 is 15.9 Å². The molecule has 1 heterocycles. The van der Waals surface area contributed by atoms with Crippen LogP contribution in [0.3, 0.4) is 0 Å². The summed E-state index contributed by atoms with van der Waals surface area (Å²) < 4.78 is 14.4. The van der Waals surface area contributed by atoms with Gasteiger partial charge < -0.3 is 11.1 Å². The molecule has 0 saturated heterocycles. The lowest BCUT2D eigenvalue weighted by Crippen LogP contribution is -2.01. The molecule has 88 valence electrons. The highest BCUT2D eigenvalue weighted by atomic mass is 79.9. The number of para-hydroxylation sites is 1. The molecular weight excluding hydrogens is 285 g/mol. The number of hydrogen-bond acceptors (Lipinski definition) is 3. The van der Waals surface area contributed by atoms with Crippen LogP contribution in [0, 0.1) is 12.7 Å². The highest BCUT2D eigenvalue weighted by Crippen LogP contribution is 2.32. The molecule has 5 heteroatoms. The highest BCUT2D eigenvalue weighted by molar-refractivity contribution is 9.10. The summed E-state index contributed by atoms with van der Waals surface area (Å²) in [6, 6.07) is 4.90. The van der Waals surface area contributed by atoms with Gasteiger partial charge in [0.1, 0.15) is 5.82 Å². The number of nitrogens with one attached hydrogen (secondary N) is 1. The third kappa shape index (κ3) is 2.39. The number of hydrogen-bond donors (Lipinski definition) is 2. The number of rotatable bonds is 2. The maximum Gasteiger partial charge on any atom is 0.146 e. The van der Waals surface area contributed by atoms with Gasteiger partial charge >= 0.3 is 0 Å². The Morgan fingerprint density at radius 2 is 2.06 bits per heavy atom. The standard InChI is InChI=1S/C12H11BrFN3/c1-7-3-2-4-9(14)11(7)17-12-8(13)5-16-6-10(12)15/h2-6H,15H2,1H3,(H,16,17). The topological polar surface area (TPSA) is 50.9 Å². The number of pyridine rings is 1. The van der Waals surface area contributed by atoms with Gasteiger partial charge in [-0.3, -0.25) is 4.98 Å². The molecule has 0 fully saturated rings. The van der Waals surface area contributed by atoms with Crippen molar-refractivity contribution in [2.24, 2.45) is 0 Å². The Balaban J connectivity index is 2.45. The number of anilines is 3. The van der Waals surface area contributed by atoms with E-state index >= 15 is 0 Å². The zero-order chi connectivity index (χ0) is 12.4. The van der Waals surface area contributed by atoms with E-state index in [0.717, 1.165) is 5.56 Å². The van der Waals surface area contributed by atoms with Gasteiger partial charge in [-0.25, -0.2) is 4.39 Å². The van der Waals surface area contributed by atoms with E-state index in [1.165, 1.54) is 12.3 Å². The zero-order valence-corrected chi connectivity index (χ0v) is 10.8. The molecule has 0 spiro atoms. The molecule has 0 unspecified atom stereocenters. The van der Waals surface area contributed by atoms with E-state index in [1.54, 1.807) is 12.3 Å². The Hall–Kier alpha value is -1.62. The Bertz CT molecular complexity index is 467. The summed E-state index contributed by atoms with van der Waals surface area (Å²) in [5.41, 5.74) is 8.11. The molecule has 0 radical (unpaired) electrons. The molecule has 17 heavy (non-hydrogen) atoms.